The lowest BCUT2D eigenvalue weighted by Gasteiger charge is -2.05. The molecular weight excluding hydrogens is 242 g/mol. The smallest absolute Gasteiger partial charge is 0.255 e. The first-order valence-electron chi connectivity index (χ1n) is 5.65. The number of nitriles is 1. The summed E-state index contributed by atoms with van der Waals surface area (Å²) < 4.78 is 0. The predicted molar refractivity (Wildman–Crippen MR) is 70.8 cm³/mol. The van der Waals surface area contributed by atoms with E-state index in [0.717, 1.165) is 5.56 Å². The molecule has 2 aromatic rings. The average molecular weight is 253 g/mol. The van der Waals surface area contributed by atoms with Crippen molar-refractivity contribution in [1.29, 1.82) is 5.26 Å². The molecule has 0 aliphatic heterocycles. The van der Waals surface area contributed by atoms with E-state index in [-0.39, 0.29) is 11.5 Å². The van der Waals surface area contributed by atoms with Crippen molar-refractivity contribution in [2.24, 2.45) is 0 Å². The maximum absolute atomic E-state index is 11.9. The summed E-state index contributed by atoms with van der Waals surface area (Å²) in [6.07, 6.45) is 1.76. The number of anilines is 1. The zero-order chi connectivity index (χ0) is 13.7. The molecular formula is C14H11N3O2. The largest absolute Gasteiger partial charge is 0.329 e. The molecule has 5 nitrogen and oxygen atoms in total. The summed E-state index contributed by atoms with van der Waals surface area (Å²) >= 11 is 0. The van der Waals surface area contributed by atoms with Crippen LogP contribution < -0.4 is 10.9 Å². The minimum Gasteiger partial charge on any atom is -0.329 e. The molecule has 0 aliphatic rings. The van der Waals surface area contributed by atoms with E-state index in [2.05, 4.69) is 16.4 Å². The second-order valence-electron chi connectivity index (χ2n) is 3.93. The van der Waals surface area contributed by atoms with Crippen molar-refractivity contribution in [2.75, 3.05) is 5.32 Å². The van der Waals surface area contributed by atoms with Crippen molar-refractivity contribution in [1.82, 2.24) is 4.98 Å². The molecule has 0 fully saturated rings. The molecule has 1 aromatic carbocycles. The normalized spacial score (nSPS) is 9.63. The number of rotatable bonds is 3. The third kappa shape index (κ3) is 3.30. The van der Waals surface area contributed by atoms with Gasteiger partial charge in [0.2, 0.25) is 5.56 Å². The topological polar surface area (TPSA) is 85.8 Å². The van der Waals surface area contributed by atoms with Crippen molar-refractivity contribution in [2.45, 2.75) is 6.42 Å². The Morgan fingerprint density at radius 2 is 2.00 bits per heavy atom. The minimum absolute atomic E-state index is 0.296. The van der Waals surface area contributed by atoms with E-state index < -0.39 is 0 Å². The van der Waals surface area contributed by atoms with Crippen LogP contribution in [0.4, 0.5) is 5.69 Å². The fourth-order valence-corrected chi connectivity index (χ4v) is 1.59. The number of amides is 1. The molecule has 0 radical (unpaired) electrons. The highest BCUT2D eigenvalue weighted by molar-refractivity contribution is 6.04. The van der Waals surface area contributed by atoms with Gasteiger partial charge in [-0.1, -0.05) is 12.1 Å². The van der Waals surface area contributed by atoms with Gasteiger partial charge in [0.05, 0.1) is 12.5 Å². The molecule has 0 unspecified atom stereocenters. The lowest BCUT2D eigenvalue weighted by molar-refractivity contribution is 0.102. The van der Waals surface area contributed by atoms with Gasteiger partial charge in [-0.3, -0.25) is 9.59 Å². The molecule has 19 heavy (non-hydrogen) atoms. The van der Waals surface area contributed by atoms with Crippen molar-refractivity contribution in [3.05, 3.63) is 64.1 Å². The van der Waals surface area contributed by atoms with Gasteiger partial charge < -0.3 is 10.3 Å². The van der Waals surface area contributed by atoms with Crippen LogP contribution in [0.15, 0.2) is 47.4 Å². The van der Waals surface area contributed by atoms with Gasteiger partial charge in [-0.05, 0) is 23.8 Å². The number of hydrogen-bond acceptors (Lipinski definition) is 3. The van der Waals surface area contributed by atoms with Crippen molar-refractivity contribution >= 4 is 11.6 Å². The predicted octanol–water partition coefficient (Wildman–Crippen LogP) is 1.69. The Hall–Kier alpha value is -2.87. The van der Waals surface area contributed by atoms with Crippen LogP contribution in [0.2, 0.25) is 0 Å². The highest BCUT2D eigenvalue weighted by Gasteiger charge is 2.06. The van der Waals surface area contributed by atoms with Crippen molar-refractivity contribution in [3.63, 3.8) is 0 Å². The first-order chi connectivity index (χ1) is 9.19. The van der Waals surface area contributed by atoms with E-state index in [0.29, 0.717) is 17.7 Å². The lowest BCUT2D eigenvalue weighted by atomic mass is 10.1. The minimum atomic E-state index is -0.348. The highest BCUT2D eigenvalue weighted by atomic mass is 16.2. The van der Waals surface area contributed by atoms with Crippen LogP contribution >= 0.6 is 0 Å². The second kappa shape index (κ2) is 5.65. The SMILES string of the molecule is N#CCc1ccc(NC(=O)c2cc[nH]c(=O)c2)cc1. The van der Waals surface area contributed by atoms with Crippen LogP contribution in [-0.4, -0.2) is 10.9 Å². The van der Waals surface area contributed by atoms with Crippen molar-refractivity contribution in [3.8, 4) is 6.07 Å². The van der Waals surface area contributed by atoms with Gasteiger partial charge in [0, 0.05) is 23.5 Å². The zero-order valence-electron chi connectivity index (χ0n) is 10.0. The molecule has 2 rings (SSSR count). The van der Waals surface area contributed by atoms with Crippen LogP contribution in [0, 0.1) is 11.3 Å². The van der Waals surface area contributed by atoms with Gasteiger partial charge in [0.15, 0.2) is 0 Å². The molecule has 0 spiro atoms. The third-order valence-electron chi connectivity index (χ3n) is 2.53. The molecule has 0 saturated heterocycles. The number of aromatic nitrogens is 1. The Labute approximate surface area is 109 Å². The standard InChI is InChI=1S/C14H11N3O2/c15-7-5-10-1-3-12(4-2-10)17-14(19)11-6-8-16-13(18)9-11/h1-4,6,8-9H,5H2,(H,16,18)(H,17,19). The number of benzene rings is 1. The number of pyridine rings is 1. The molecule has 94 valence electrons. The maximum Gasteiger partial charge on any atom is 0.255 e. The average Bonchev–Trinajstić information content (AvgIpc) is 2.41. The molecule has 0 bridgehead atoms. The first kappa shape index (κ1) is 12.6. The maximum atomic E-state index is 11.9. The molecule has 1 amide bonds. The summed E-state index contributed by atoms with van der Waals surface area (Å²) in [6, 6.07) is 11.8. The first-order valence-corrected chi connectivity index (χ1v) is 5.65. The van der Waals surface area contributed by atoms with Gasteiger partial charge in [0.1, 0.15) is 0 Å². The molecule has 1 heterocycles. The number of aromatic amines is 1. The van der Waals surface area contributed by atoms with Crippen LogP contribution in [0.1, 0.15) is 15.9 Å². The van der Waals surface area contributed by atoms with E-state index in [9.17, 15) is 9.59 Å². The zero-order valence-corrected chi connectivity index (χ0v) is 10.0. The summed E-state index contributed by atoms with van der Waals surface area (Å²) in [5.74, 6) is -0.348. The summed E-state index contributed by atoms with van der Waals surface area (Å²) in [5, 5.41) is 11.2. The van der Waals surface area contributed by atoms with Gasteiger partial charge in [-0.25, -0.2) is 0 Å². The number of H-pyrrole nitrogens is 1. The molecule has 5 heteroatoms. The second-order valence-corrected chi connectivity index (χ2v) is 3.93. The van der Waals surface area contributed by atoms with Crippen LogP contribution in [0.3, 0.4) is 0 Å². The Morgan fingerprint density at radius 3 is 2.63 bits per heavy atom. The fourth-order valence-electron chi connectivity index (χ4n) is 1.59. The Kier molecular flexibility index (Phi) is 3.74. The number of nitrogens with one attached hydrogen (secondary N) is 2. The van der Waals surface area contributed by atoms with Gasteiger partial charge in [0.25, 0.3) is 5.91 Å². The fraction of sp³-hybridized carbons (Fsp3) is 0.0714. The Morgan fingerprint density at radius 1 is 1.26 bits per heavy atom. The van der Waals surface area contributed by atoms with Crippen LogP contribution in [-0.2, 0) is 6.42 Å². The summed E-state index contributed by atoms with van der Waals surface area (Å²) in [7, 11) is 0. The number of carbonyl (C=O) groups excluding carboxylic acids is 1. The van der Waals surface area contributed by atoms with Gasteiger partial charge in [-0.2, -0.15) is 5.26 Å². The van der Waals surface area contributed by atoms with E-state index >= 15 is 0 Å². The monoisotopic (exact) mass is 253 g/mol. The van der Waals surface area contributed by atoms with E-state index in [1.165, 1.54) is 18.3 Å². The molecule has 0 aliphatic carbocycles. The van der Waals surface area contributed by atoms with Crippen LogP contribution in [0.5, 0.6) is 0 Å². The molecule has 1 aromatic heterocycles. The van der Waals surface area contributed by atoms with Crippen molar-refractivity contribution < 1.29 is 4.79 Å². The lowest BCUT2D eigenvalue weighted by Crippen LogP contribution is -2.15. The van der Waals surface area contributed by atoms with Crippen LogP contribution in [0.25, 0.3) is 0 Å². The summed E-state index contributed by atoms with van der Waals surface area (Å²) in [4.78, 5) is 25.4. The molecule has 2 N–H and O–H groups in total. The molecule has 0 saturated carbocycles. The quantitative estimate of drug-likeness (QED) is 0.872. The third-order valence-corrected chi connectivity index (χ3v) is 2.53. The van der Waals surface area contributed by atoms with E-state index in [1.54, 1.807) is 24.3 Å². The highest BCUT2D eigenvalue weighted by Crippen LogP contribution is 2.11. The van der Waals surface area contributed by atoms with E-state index in [4.69, 9.17) is 5.26 Å². The number of nitrogens with zero attached hydrogens (tertiary/aromatic N) is 1. The molecule has 0 atom stereocenters. The van der Waals surface area contributed by atoms with Gasteiger partial charge >= 0.3 is 0 Å². The number of carbonyl (C=O) groups is 1. The van der Waals surface area contributed by atoms with Gasteiger partial charge in [-0.15, -0.1) is 0 Å². The number of hydrogen-bond donors (Lipinski definition) is 2. The summed E-state index contributed by atoms with van der Waals surface area (Å²) in [5.41, 5.74) is 1.48. The van der Waals surface area contributed by atoms with E-state index in [1.807, 2.05) is 0 Å². The Balaban J connectivity index is 2.11. The Bertz CT molecular complexity index is 681. The summed E-state index contributed by atoms with van der Waals surface area (Å²) in [6.45, 7) is 0.